The van der Waals surface area contributed by atoms with Crippen molar-refractivity contribution in [2.45, 2.75) is 38.5 Å². The molecule has 164 valence electrons. The summed E-state index contributed by atoms with van der Waals surface area (Å²) in [6.07, 6.45) is 3.12. The van der Waals surface area contributed by atoms with Gasteiger partial charge in [-0.3, -0.25) is 4.90 Å². The summed E-state index contributed by atoms with van der Waals surface area (Å²) in [5.41, 5.74) is 6.62. The number of nitrogens with zero attached hydrogens (tertiary/aromatic N) is 1. The monoisotopic (exact) mass is 429 g/mol. The van der Waals surface area contributed by atoms with Gasteiger partial charge in [0.25, 0.3) is 0 Å². The Bertz CT molecular complexity index is 1140. The molecule has 5 nitrogen and oxygen atoms in total. The summed E-state index contributed by atoms with van der Waals surface area (Å²) in [4.78, 5) is 2.60. The van der Waals surface area contributed by atoms with Gasteiger partial charge in [0.1, 0.15) is 6.61 Å². The molecule has 0 N–H and O–H groups in total. The molecule has 3 aliphatic heterocycles. The summed E-state index contributed by atoms with van der Waals surface area (Å²) in [5.74, 6) is 3.39. The van der Waals surface area contributed by atoms with Crippen LogP contribution in [0.5, 0.6) is 23.0 Å². The topological polar surface area (TPSA) is 40.2 Å². The summed E-state index contributed by atoms with van der Waals surface area (Å²) in [6.45, 7) is 2.82. The molecule has 3 aliphatic rings. The molecule has 0 bridgehead atoms. The number of benzene rings is 3. The van der Waals surface area contributed by atoms with E-state index in [9.17, 15) is 0 Å². The standard InChI is InChI=1S/C27H27NO4/c1-29-24-13-21-15-28-10-9-20-12-26-27(32-17-31-26)14-22(20)23(28)8-7-19(21)11-25(24)30-16-18-5-3-2-4-6-18/h2-6,11-14,23H,7-10,15-17H2,1H3/t23-/m0/s1. The van der Waals surface area contributed by atoms with E-state index in [0.29, 0.717) is 19.4 Å². The molecule has 0 unspecified atom stereocenters. The molecule has 1 atom stereocenters. The predicted molar refractivity (Wildman–Crippen MR) is 122 cm³/mol. The lowest BCUT2D eigenvalue weighted by Crippen LogP contribution is -2.34. The van der Waals surface area contributed by atoms with E-state index in [4.69, 9.17) is 18.9 Å². The number of aryl methyl sites for hydroxylation is 1. The van der Waals surface area contributed by atoms with Gasteiger partial charge in [0, 0.05) is 19.1 Å². The fourth-order valence-electron chi connectivity index (χ4n) is 5.21. The van der Waals surface area contributed by atoms with E-state index in [1.54, 1.807) is 7.11 Å². The molecule has 6 rings (SSSR count). The van der Waals surface area contributed by atoms with Crippen molar-refractivity contribution < 1.29 is 18.9 Å². The zero-order valence-corrected chi connectivity index (χ0v) is 18.3. The second-order valence-electron chi connectivity index (χ2n) is 8.73. The molecule has 0 saturated heterocycles. The summed E-state index contributed by atoms with van der Waals surface area (Å²) >= 11 is 0. The Kier molecular flexibility index (Phi) is 4.91. The van der Waals surface area contributed by atoms with Crippen LogP contribution in [0.1, 0.15) is 40.3 Å². The van der Waals surface area contributed by atoms with Crippen LogP contribution in [-0.2, 0) is 26.0 Å². The average Bonchev–Trinajstić information content (AvgIpc) is 3.21. The molecule has 0 fully saturated rings. The Balaban J connectivity index is 1.28. The minimum atomic E-state index is 0.323. The molecule has 3 aromatic carbocycles. The van der Waals surface area contributed by atoms with Gasteiger partial charge in [-0.1, -0.05) is 30.3 Å². The normalized spacial score (nSPS) is 18.8. The lowest BCUT2D eigenvalue weighted by Gasteiger charge is -2.36. The average molecular weight is 430 g/mol. The van der Waals surface area contributed by atoms with E-state index < -0.39 is 0 Å². The van der Waals surface area contributed by atoms with Crippen LogP contribution in [0.3, 0.4) is 0 Å². The molecule has 0 aliphatic carbocycles. The van der Waals surface area contributed by atoms with Gasteiger partial charge in [0.15, 0.2) is 23.0 Å². The van der Waals surface area contributed by atoms with E-state index in [1.807, 2.05) is 18.2 Å². The molecule has 0 saturated carbocycles. The van der Waals surface area contributed by atoms with Crippen LogP contribution in [0.15, 0.2) is 54.6 Å². The lowest BCUT2D eigenvalue weighted by atomic mass is 9.89. The highest BCUT2D eigenvalue weighted by Crippen LogP contribution is 2.44. The summed E-state index contributed by atoms with van der Waals surface area (Å²) in [5, 5.41) is 0. The number of hydrogen-bond donors (Lipinski definition) is 0. The first kappa shape index (κ1) is 19.5. The highest BCUT2D eigenvalue weighted by molar-refractivity contribution is 5.52. The molecular formula is C27H27NO4. The first-order chi connectivity index (χ1) is 15.8. The minimum Gasteiger partial charge on any atom is -0.493 e. The van der Waals surface area contributed by atoms with Gasteiger partial charge in [0.2, 0.25) is 6.79 Å². The van der Waals surface area contributed by atoms with Gasteiger partial charge in [-0.15, -0.1) is 0 Å². The zero-order valence-electron chi connectivity index (χ0n) is 18.3. The first-order valence-electron chi connectivity index (χ1n) is 11.3. The SMILES string of the molecule is COc1cc2c(cc1OCc1ccccc1)CC[C@H]1c3cc4c(cc3CCN1C2)OCO4. The number of fused-ring (bicyclic) bond motifs is 5. The maximum atomic E-state index is 6.18. The second-order valence-corrected chi connectivity index (χ2v) is 8.73. The van der Waals surface area contributed by atoms with Crippen LogP contribution in [0, 0.1) is 0 Å². The van der Waals surface area contributed by atoms with Crippen molar-refractivity contribution in [3.8, 4) is 23.0 Å². The van der Waals surface area contributed by atoms with Gasteiger partial charge in [-0.05, 0) is 71.3 Å². The molecule has 0 radical (unpaired) electrons. The van der Waals surface area contributed by atoms with Crippen LogP contribution in [-0.4, -0.2) is 25.3 Å². The molecule has 3 aromatic rings. The van der Waals surface area contributed by atoms with Crippen molar-refractivity contribution in [2.24, 2.45) is 0 Å². The first-order valence-corrected chi connectivity index (χ1v) is 11.3. The third-order valence-corrected chi connectivity index (χ3v) is 6.89. The van der Waals surface area contributed by atoms with Crippen molar-refractivity contribution in [3.63, 3.8) is 0 Å². The smallest absolute Gasteiger partial charge is 0.231 e. The van der Waals surface area contributed by atoms with Gasteiger partial charge < -0.3 is 18.9 Å². The summed E-state index contributed by atoms with van der Waals surface area (Å²) in [7, 11) is 1.72. The van der Waals surface area contributed by atoms with Gasteiger partial charge in [0.05, 0.1) is 7.11 Å². The molecule has 3 heterocycles. The molecular weight excluding hydrogens is 402 g/mol. The maximum Gasteiger partial charge on any atom is 0.231 e. The third kappa shape index (κ3) is 3.47. The Morgan fingerprint density at radius 3 is 2.56 bits per heavy atom. The molecule has 0 spiro atoms. The molecule has 0 aromatic heterocycles. The van der Waals surface area contributed by atoms with Gasteiger partial charge >= 0.3 is 0 Å². The second kappa shape index (κ2) is 8.06. The molecule has 0 amide bonds. The molecule has 32 heavy (non-hydrogen) atoms. The number of ether oxygens (including phenoxy) is 4. The van der Waals surface area contributed by atoms with Crippen LogP contribution in [0.4, 0.5) is 0 Å². The highest BCUT2D eigenvalue weighted by Gasteiger charge is 2.32. The van der Waals surface area contributed by atoms with E-state index >= 15 is 0 Å². The molecule has 5 heteroatoms. The summed E-state index contributed by atoms with van der Waals surface area (Å²) < 4.78 is 23.2. The maximum absolute atomic E-state index is 6.18. The van der Waals surface area contributed by atoms with Crippen molar-refractivity contribution in [3.05, 3.63) is 82.4 Å². The van der Waals surface area contributed by atoms with Crippen LogP contribution >= 0.6 is 0 Å². The Labute approximate surface area is 188 Å². The van der Waals surface area contributed by atoms with Crippen molar-refractivity contribution >= 4 is 0 Å². The van der Waals surface area contributed by atoms with Gasteiger partial charge in [-0.2, -0.15) is 0 Å². The van der Waals surface area contributed by atoms with E-state index in [0.717, 1.165) is 60.9 Å². The van der Waals surface area contributed by atoms with Crippen molar-refractivity contribution in [2.75, 3.05) is 20.4 Å². The zero-order chi connectivity index (χ0) is 21.5. The van der Waals surface area contributed by atoms with E-state index in [2.05, 4.69) is 41.3 Å². The van der Waals surface area contributed by atoms with Crippen LogP contribution in [0.25, 0.3) is 0 Å². The summed E-state index contributed by atoms with van der Waals surface area (Å²) in [6, 6.07) is 19.4. The largest absolute Gasteiger partial charge is 0.493 e. The van der Waals surface area contributed by atoms with Crippen LogP contribution < -0.4 is 18.9 Å². The number of methoxy groups -OCH3 is 1. The Morgan fingerprint density at radius 1 is 0.906 bits per heavy atom. The van der Waals surface area contributed by atoms with E-state index in [-0.39, 0.29) is 0 Å². The lowest BCUT2D eigenvalue weighted by molar-refractivity contribution is 0.172. The Hall–Kier alpha value is -3.18. The van der Waals surface area contributed by atoms with E-state index in [1.165, 1.54) is 22.3 Å². The minimum absolute atomic E-state index is 0.323. The highest BCUT2D eigenvalue weighted by atomic mass is 16.7. The third-order valence-electron chi connectivity index (χ3n) is 6.89. The Morgan fingerprint density at radius 2 is 1.72 bits per heavy atom. The predicted octanol–water partition coefficient (Wildman–Crippen LogP) is 5.05. The van der Waals surface area contributed by atoms with Crippen molar-refractivity contribution in [1.82, 2.24) is 4.90 Å². The van der Waals surface area contributed by atoms with Crippen molar-refractivity contribution in [1.29, 1.82) is 0 Å². The fourth-order valence-corrected chi connectivity index (χ4v) is 5.21. The van der Waals surface area contributed by atoms with Crippen LogP contribution in [0.2, 0.25) is 0 Å². The quantitative estimate of drug-likeness (QED) is 0.581. The number of hydrogen-bond acceptors (Lipinski definition) is 5. The fraction of sp³-hybridized carbons (Fsp3) is 0.333. The number of rotatable bonds is 4. The van der Waals surface area contributed by atoms with Gasteiger partial charge in [-0.25, -0.2) is 0 Å².